The lowest BCUT2D eigenvalue weighted by Crippen LogP contribution is -2.41. The van der Waals surface area contributed by atoms with Crippen molar-refractivity contribution >= 4 is 0 Å². The van der Waals surface area contributed by atoms with Crippen LogP contribution in [0.2, 0.25) is 0 Å². The maximum absolute atomic E-state index is 5.99. The lowest BCUT2D eigenvalue weighted by molar-refractivity contribution is 0.110. The Labute approximate surface area is 122 Å². The van der Waals surface area contributed by atoms with Crippen LogP contribution in [0.15, 0.2) is 16.5 Å². The molecule has 114 valence electrons. The van der Waals surface area contributed by atoms with Gasteiger partial charge in [0.05, 0.1) is 6.04 Å². The standard InChI is InChI=1S/C16H29N3O/c1-4-14-5-6-16(20-14)15(11-17)19-9-7-13(8-10-19)12-18(2)3/h5-6,13,15H,4,7-12,17H2,1-3H3. The molecule has 1 aliphatic rings. The first-order valence-corrected chi connectivity index (χ1v) is 7.81. The molecular formula is C16H29N3O. The minimum absolute atomic E-state index is 0.246. The summed E-state index contributed by atoms with van der Waals surface area (Å²) in [5.74, 6) is 2.92. The van der Waals surface area contributed by atoms with Crippen LogP contribution in [0.3, 0.4) is 0 Å². The van der Waals surface area contributed by atoms with Crippen molar-refractivity contribution in [1.29, 1.82) is 0 Å². The Balaban J connectivity index is 1.93. The van der Waals surface area contributed by atoms with E-state index in [9.17, 15) is 0 Å². The van der Waals surface area contributed by atoms with Crippen LogP contribution in [0.5, 0.6) is 0 Å². The van der Waals surface area contributed by atoms with Crippen LogP contribution in [0.25, 0.3) is 0 Å². The molecule has 1 saturated heterocycles. The molecule has 1 aliphatic heterocycles. The van der Waals surface area contributed by atoms with E-state index in [0.717, 1.165) is 36.9 Å². The molecule has 4 heteroatoms. The lowest BCUT2D eigenvalue weighted by atomic mass is 9.95. The zero-order valence-corrected chi connectivity index (χ0v) is 13.1. The van der Waals surface area contributed by atoms with E-state index in [0.29, 0.717) is 6.54 Å². The van der Waals surface area contributed by atoms with Gasteiger partial charge in [0, 0.05) is 19.5 Å². The molecule has 0 saturated carbocycles. The summed E-state index contributed by atoms with van der Waals surface area (Å²) in [4.78, 5) is 4.78. The monoisotopic (exact) mass is 279 g/mol. The summed E-state index contributed by atoms with van der Waals surface area (Å²) < 4.78 is 5.90. The van der Waals surface area contributed by atoms with Crippen molar-refractivity contribution in [2.75, 3.05) is 40.3 Å². The first kappa shape index (κ1) is 15.5. The molecular weight excluding hydrogens is 250 g/mol. The number of likely N-dealkylation sites (tertiary alicyclic amines) is 1. The second-order valence-electron chi connectivity index (χ2n) is 6.15. The number of piperidine rings is 1. The van der Waals surface area contributed by atoms with Crippen LogP contribution in [0, 0.1) is 5.92 Å². The van der Waals surface area contributed by atoms with E-state index in [2.05, 4.69) is 43.0 Å². The van der Waals surface area contributed by atoms with Crippen LogP contribution in [-0.4, -0.2) is 50.1 Å². The Kier molecular flexibility index (Phi) is 5.64. The van der Waals surface area contributed by atoms with Gasteiger partial charge in [0.15, 0.2) is 0 Å². The topological polar surface area (TPSA) is 45.6 Å². The highest BCUT2D eigenvalue weighted by molar-refractivity contribution is 5.11. The zero-order valence-electron chi connectivity index (χ0n) is 13.1. The molecule has 1 atom stereocenters. The maximum atomic E-state index is 5.99. The zero-order chi connectivity index (χ0) is 14.5. The van der Waals surface area contributed by atoms with Crippen molar-refractivity contribution in [3.63, 3.8) is 0 Å². The van der Waals surface area contributed by atoms with Gasteiger partial charge in [-0.2, -0.15) is 0 Å². The number of nitrogens with zero attached hydrogens (tertiary/aromatic N) is 2. The highest BCUT2D eigenvalue weighted by Gasteiger charge is 2.27. The molecule has 1 aromatic rings. The summed E-state index contributed by atoms with van der Waals surface area (Å²) >= 11 is 0. The van der Waals surface area contributed by atoms with Gasteiger partial charge in [0.1, 0.15) is 11.5 Å². The first-order valence-electron chi connectivity index (χ1n) is 7.81. The average Bonchev–Trinajstić information content (AvgIpc) is 2.90. The first-order chi connectivity index (χ1) is 9.63. The van der Waals surface area contributed by atoms with Crippen LogP contribution < -0.4 is 5.73 Å². The number of hydrogen-bond acceptors (Lipinski definition) is 4. The number of furan rings is 1. The molecule has 2 rings (SSSR count). The van der Waals surface area contributed by atoms with Crippen molar-refractivity contribution in [1.82, 2.24) is 9.80 Å². The van der Waals surface area contributed by atoms with Crippen molar-refractivity contribution in [2.24, 2.45) is 11.7 Å². The molecule has 1 unspecified atom stereocenters. The smallest absolute Gasteiger partial charge is 0.122 e. The molecule has 2 heterocycles. The molecule has 20 heavy (non-hydrogen) atoms. The van der Waals surface area contributed by atoms with Crippen molar-refractivity contribution in [3.8, 4) is 0 Å². The van der Waals surface area contributed by atoms with E-state index < -0.39 is 0 Å². The van der Waals surface area contributed by atoms with Gasteiger partial charge < -0.3 is 15.1 Å². The van der Waals surface area contributed by atoms with Crippen molar-refractivity contribution in [2.45, 2.75) is 32.2 Å². The van der Waals surface area contributed by atoms with Crippen LogP contribution in [0.1, 0.15) is 37.3 Å². The van der Waals surface area contributed by atoms with Gasteiger partial charge in [-0.3, -0.25) is 4.90 Å². The molecule has 1 fully saturated rings. The van der Waals surface area contributed by atoms with Gasteiger partial charge >= 0.3 is 0 Å². The summed E-state index contributed by atoms with van der Waals surface area (Å²) in [5, 5.41) is 0. The van der Waals surface area contributed by atoms with E-state index in [1.165, 1.54) is 19.4 Å². The largest absolute Gasteiger partial charge is 0.464 e. The number of hydrogen-bond donors (Lipinski definition) is 1. The van der Waals surface area contributed by atoms with Crippen LogP contribution in [-0.2, 0) is 6.42 Å². The van der Waals surface area contributed by atoms with Gasteiger partial charge in [-0.1, -0.05) is 6.92 Å². The quantitative estimate of drug-likeness (QED) is 0.866. The summed E-state index contributed by atoms with van der Waals surface area (Å²) in [6, 6.07) is 4.43. The number of rotatable bonds is 6. The van der Waals surface area contributed by atoms with Gasteiger partial charge in [0.25, 0.3) is 0 Å². The highest BCUT2D eigenvalue weighted by atomic mass is 16.3. The summed E-state index contributed by atoms with van der Waals surface area (Å²) in [6.07, 6.45) is 3.47. The third-order valence-electron chi connectivity index (χ3n) is 4.30. The van der Waals surface area contributed by atoms with Crippen LogP contribution >= 0.6 is 0 Å². The lowest BCUT2D eigenvalue weighted by Gasteiger charge is -2.37. The predicted molar refractivity (Wildman–Crippen MR) is 82.7 cm³/mol. The molecule has 0 bridgehead atoms. The minimum atomic E-state index is 0.246. The molecule has 0 aromatic carbocycles. The molecule has 0 aliphatic carbocycles. The van der Waals surface area contributed by atoms with E-state index in [-0.39, 0.29) is 6.04 Å². The molecule has 2 N–H and O–H groups in total. The molecule has 0 amide bonds. The Morgan fingerprint density at radius 2 is 2.05 bits per heavy atom. The molecule has 1 aromatic heterocycles. The van der Waals surface area contributed by atoms with E-state index >= 15 is 0 Å². The fourth-order valence-corrected chi connectivity index (χ4v) is 3.17. The Morgan fingerprint density at radius 1 is 1.35 bits per heavy atom. The average molecular weight is 279 g/mol. The normalized spacial score (nSPS) is 19.6. The van der Waals surface area contributed by atoms with Gasteiger partial charge in [-0.15, -0.1) is 0 Å². The van der Waals surface area contributed by atoms with E-state index in [1.54, 1.807) is 0 Å². The van der Waals surface area contributed by atoms with Crippen molar-refractivity contribution < 1.29 is 4.42 Å². The van der Waals surface area contributed by atoms with Gasteiger partial charge in [0.2, 0.25) is 0 Å². The molecule has 4 nitrogen and oxygen atoms in total. The molecule has 0 spiro atoms. The fraction of sp³-hybridized carbons (Fsp3) is 0.750. The minimum Gasteiger partial charge on any atom is -0.464 e. The van der Waals surface area contributed by atoms with Gasteiger partial charge in [-0.05, 0) is 58.1 Å². The second-order valence-corrected chi connectivity index (χ2v) is 6.15. The van der Waals surface area contributed by atoms with Crippen LogP contribution in [0.4, 0.5) is 0 Å². The summed E-state index contributed by atoms with van der Waals surface area (Å²) in [7, 11) is 4.31. The molecule has 0 radical (unpaired) electrons. The Morgan fingerprint density at radius 3 is 2.55 bits per heavy atom. The third kappa shape index (κ3) is 3.84. The Hall–Kier alpha value is -0.840. The number of nitrogens with two attached hydrogens (primary N) is 1. The van der Waals surface area contributed by atoms with Crippen molar-refractivity contribution in [3.05, 3.63) is 23.7 Å². The van der Waals surface area contributed by atoms with E-state index in [4.69, 9.17) is 10.2 Å². The third-order valence-corrected chi connectivity index (χ3v) is 4.30. The Bertz CT molecular complexity index is 394. The number of aryl methyl sites for hydroxylation is 1. The summed E-state index contributed by atoms with van der Waals surface area (Å²) in [5.41, 5.74) is 5.99. The second kappa shape index (κ2) is 7.25. The predicted octanol–water partition coefficient (Wildman–Crippen LogP) is 2.12. The highest BCUT2D eigenvalue weighted by Crippen LogP contribution is 2.27. The SMILES string of the molecule is CCc1ccc(C(CN)N2CCC(CN(C)C)CC2)o1. The van der Waals surface area contributed by atoms with E-state index in [1.807, 2.05) is 0 Å². The summed E-state index contributed by atoms with van der Waals surface area (Å²) in [6.45, 7) is 6.20. The van der Waals surface area contributed by atoms with Gasteiger partial charge in [-0.25, -0.2) is 0 Å². The fourth-order valence-electron chi connectivity index (χ4n) is 3.17. The maximum Gasteiger partial charge on any atom is 0.122 e.